The molecule has 2 nitrogen and oxygen atoms in total. The summed E-state index contributed by atoms with van der Waals surface area (Å²) in [5.41, 5.74) is 1.93. The van der Waals surface area contributed by atoms with Crippen molar-refractivity contribution in [3.8, 4) is 0 Å². The summed E-state index contributed by atoms with van der Waals surface area (Å²) in [6, 6.07) is 7.65. The van der Waals surface area contributed by atoms with Crippen molar-refractivity contribution in [3.63, 3.8) is 0 Å². The number of benzene rings is 1. The van der Waals surface area contributed by atoms with Crippen LogP contribution in [0.2, 0.25) is 0 Å². The minimum Gasteiger partial charge on any atom is -0.392 e. The fourth-order valence-corrected chi connectivity index (χ4v) is 1.21. The van der Waals surface area contributed by atoms with Gasteiger partial charge in [0.2, 0.25) is 0 Å². The first-order valence-electron chi connectivity index (χ1n) is 4.27. The maximum absolute atomic E-state index is 9.63. The predicted molar refractivity (Wildman–Crippen MR) is 52.4 cm³/mol. The number of hydrogen-bond donors (Lipinski definition) is 2. The third-order valence-corrected chi connectivity index (χ3v) is 1.93. The Morgan fingerprint density at radius 3 is 2.69 bits per heavy atom. The van der Waals surface area contributed by atoms with Gasteiger partial charge in [-0.3, -0.25) is 0 Å². The van der Waals surface area contributed by atoms with Crippen molar-refractivity contribution in [1.82, 2.24) is 0 Å². The van der Waals surface area contributed by atoms with Crippen LogP contribution in [0.4, 0.5) is 0 Å². The van der Waals surface area contributed by atoms with Crippen molar-refractivity contribution in [3.05, 3.63) is 47.5 Å². The van der Waals surface area contributed by atoms with Gasteiger partial charge in [-0.25, -0.2) is 0 Å². The second-order valence-corrected chi connectivity index (χ2v) is 2.91. The van der Waals surface area contributed by atoms with Gasteiger partial charge in [0.1, 0.15) is 0 Å². The maximum Gasteiger partial charge on any atom is 0.0975 e. The van der Waals surface area contributed by atoms with Gasteiger partial charge < -0.3 is 10.2 Å². The number of aliphatic hydroxyl groups is 2. The highest BCUT2D eigenvalue weighted by atomic mass is 16.3. The quantitative estimate of drug-likeness (QED) is 0.690. The maximum atomic E-state index is 9.63. The molecule has 1 aromatic carbocycles. The second kappa shape index (κ2) is 4.80. The number of aliphatic hydroxyl groups excluding tert-OH is 2. The van der Waals surface area contributed by atoms with E-state index in [4.69, 9.17) is 5.11 Å². The van der Waals surface area contributed by atoms with Gasteiger partial charge in [-0.1, -0.05) is 36.4 Å². The van der Waals surface area contributed by atoms with E-state index in [9.17, 15) is 5.11 Å². The molecule has 1 rings (SSSR count). The normalized spacial score (nSPS) is 13.5. The first kappa shape index (κ1) is 9.96. The molecule has 1 aromatic rings. The summed E-state index contributed by atoms with van der Waals surface area (Å²) < 4.78 is 0. The molecule has 0 radical (unpaired) electrons. The van der Waals surface area contributed by atoms with Crippen molar-refractivity contribution in [2.75, 3.05) is 6.61 Å². The summed E-state index contributed by atoms with van der Waals surface area (Å²) in [5, 5.41) is 18.2. The van der Waals surface area contributed by atoms with Crippen LogP contribution in [0, 0.1) is 6.92 Å². The van der Waals surface area contributed by atoms with Gasteiger partial charge in [-0.05, 0) is 18.1 Å². The first-order valence-corrected chi connectivity index (χ1v) is 4.27. The highest BCUT2D eigenvalue weighted by molar-refractivity contribution is 5.29. The minimum absolute atomic E-state index is 0.0387. The van der Waals surface area contributed by atoms with Crippen molar-refractivity contribution in [1.29, 1.82) is 0 Å². The Bertz CT molecular complexity index is 292. The predicted octanol–water partition coefficient (Wildman–Crippen LogP) is 1.58. The Kier molecular flexibility index (Phi) is 3.68. The van der Waals surface area contributed by atoms with Crippen LogP contribution in [0.5, 0.6) is 0 Å². The molecule has 13 heavy (non-hydrogen) atoms. The van der Waals surface area contributed by atoms with Crippen molar-refractivity contribution in [2.24, 2.45) is 0 Å². The van der Waals surface area contributed by atoms with Crippen LogP contribution in [-0.4, -0.2) is 16.8 Å². The zero-order chi connectivity index (χ0) is 9.68. The second-order valence-electron chi connectivity index (χ2n) is 2.91. The minimum atomic E-state index is -0.617. The van der Waals surface area contributed by atoms with E-state index in [2.05, 4.69) is 0 Å². The number of hydrogen-bond acceptors (Lipinski definition) is 2. The Labute approximate surface area is 78.2 Å². The lowest BCUT2D eigenvalue weighted by molar-refractivity contribution is 0.226. The molecule has 0 unspecified atom stereocenters. The molecular formula is C11H14O2. The fraction of sp³-hybridized carbons (Fsp3) is 0.273. The average molecular weight is 178 g/mol. The standard InChI is InChI=1S/C11H14O2/c1-9-5-2-3-6-10(9)11(13)7-4-8-12/h2-7,11-13H,8H2,1H3/b7-4+/t11-/m1/s1. The van der Waals surface area contributed by atoms with E-state index in [1.165, 1.54) is 6.08 Å². The molecule has 1 atom stereocenters. The van der Waals surface area contributed by atoms with E-state index in [1.54, 1.807) is 6.08 Å². The summed E-state index contributed by atoms with van der Waals surface area (Å²) in [6.07, 6.45) is 2.51. The van der Waals surface area contributed by atoms with Crippen molar-refractivity contribution in [2.45, 2.75) is 13.0 Å². The van der Waals surface area contributed by atoms with Gasteiger partial charge >= 0.3 is 0 Å². The molecule has 0 spiro atoms. The molecule has 0 heterocycles. The molecule has 0 saturated heterocycles. The Balaban J connectivity index is 2.82. The molecule has 0 saturated carbocycles. The van der Waals surface area contributed by atoms with Gasteiger partial charge in [-0.2, -0.15) is 0 Å². The van der Waals surface area contributed by atoms with Crippen LogP contribution in [-0.2, 0) is 0 Å². The summed E-state index contributed by atoms with van der Waals surface area (Å²) in [7, 11) is 0. The lowest BCUT2D eigenvalue weighted by atomic mass is 10.0. The Morgan fingerprint density at radius 2 is 2.08 bits per heavy atom. The summed E-state index contributed by atoms with van der Waals surface area (Å²) in [5.74, 6) is 0. The fourth-order valence-electron chi connectivity index (χ4n) is 1.21. The van der Waals surface area contributed by atoms with Crippen LogP contribution in [0.25, 0.3) is 0 Å². The summed E-state index contributed by atoms with van der Waals surface area (Å²) in [4.78, 5) is 0. The van der Waals surface area contributed by atoms with Crippen molar-refractivity contribution < 1.29 is 10.2 Å². The summed E-state index contributed by atoms with van der Waals surface area (Å²) >= 11 is 0. The lowest BCUT2D eigenvalue weighted by Crippen LogP contribution is -1.96. The molecule has 0 bridgehead atoms. The van der Waals surface area contributed by atoms with Crippen LogP contribution in [0.1, 0.15) is 17.2 Å². The number of rotatable bonds is 3. The highest BCUT2D eigenvalue weighted by Crippen LogP contribution is 2.17. The van der Waals surface area contributed by atoms with E-state index in [0.29, 0.717) is 0 Å². The molecule has 2 N–H and O–H groups in total. The smallest absolute Gasteiger partial charge is 0.0975 e. The van der Waals surface area contributed by atoms with E-state index in [-0.39, 0.29) is 6.61 Å². The molecule has 0 amide bonds. The van der Waals surface area contributed by atoms with Crippen LogP contribution in [0.15, 0.2) is 36.4 Å². The third-order valence-electron chi connectivity index (χ3n) is 1.93. The molecule has 0 aliphatic rings. The monoisotopic (exact) mass is 178 g/mol. The molecule has 0 fully saturated rings. The Hall–Kier alpha value is -1.12. The topological polar surface area (TPSA) is 40.5 Å². The van der Waals surface area contributed by atoms with Crippen LogP contribution in [0.3, 0.4) is 0 Å². The van der Waals surface area contributed by atoms with Gasteiger partial charge in [-0.15, -0.1) is 0 Å². The van der Waals surface area contributed by atoms with E-state index in [1.807, 2.05) is 31.2 Å². The molecule has 0 aliphatic heterocycles. The van der Waals surface area contributed by atoms with Gasteiger partial charge in [0.05, 0.1) is 12.7 Å². The average Bonchev–Trinajstić information content (AvgIpc) is 2.15. The molecule has 2 heteroatoms. The Morgan fingerprint density at radius 1 is 1.38 bits per heavy atom. The third kappa shape index (κ3) is 2.68. The molecular weight excluding hydrogens is 164 g/mol. The van der Waals surface area contributed by atoms with Gasteiger partial charge in [0, 0.05) is 0 Å². The molecule has 70 valence electrons. The lowest BCUT2D eigenvalue weighted by Gasteiger charge is -2.08. The first-order chi connectivity index (χ1) is 6.25. The van der Waals surface area contributed by atoms with Crippen LogP contribution >= 0.6 is 0 Å². The zero-order valence-electron chi connectivity index (χ0n) is 7.64. The van der Waals surface area contributed by atoms with Gasteiger partial charge in [0.25, 0.3) is 0 Å². The van der Waals surface area contributed by atoms with Crippen molar-refractivity contribution >= 4 is 0 Å². The SMILES string of the molecule is Cc1ccccc1[C@H](O)/C=C/CO. The van der Waals surface area contributed by atoms with E-state index < -0.39 is 6.10 Å². The zero-order valence-corrected chi connectivity index (χ0v) is 7.64. The highest BCUT2D eigenvalue weighted by Gasteiger charge is 2.04. The van der Waals surface area contributed by atoms with E-state index >= 15 is 0 Å². The largest absolute Gasteiger partial charge is 0.392 e. The number of aryl methyl sites for hydroxylation is 1. The molecule has 0 aromatic heterocycles. The summed E-state index contributed by atoms with van der Waals surface area (Å²) in [6.45, 7) is 1.91. The van der Waals surface area contributed by atoms with Gasteiger partial charge in [0.15, 0.2) is 0 Å². The van der Waals surface area contributed by atoms with Crippen LogP contribution < -0.4 is 0 Å². The molecule has 0 aliphatic carbocycles. The van der Waals surface area contributed by atoms with E-state index in [0.717, 1.165) is 11.1 Å².